The van der Waals surface area contributed by atoms with Gasteiger partial charge >= 0.3 is 5.97 Å². The lowest BCUT2D eigenvalue weighted by Gasteiger charge is -2.09. The Morgan fingerprint density at radius 1 is 1.09 bits per heavy atom. The predicted octanol–water partition coefficient (Wildman–Crippen LogP) is 3.04. The first-order valence-electron chi connectivity index (χ1n) is 7.04. The summed E-state index contributed by atoms with van der Waals surface area (Å²) in [6.07, 6.45) is 0.334. The number of carbonyl (C=O) groups is 1. The van der Waals surface area contributed by atoms with E-state index in [1.165, 1.54) is 0 Å². The van der Waals surface area contributed by atoms with Crippen molar-refractivity contribution in [3.63, 3.8) is 0 Å². The fourth-order valence-corrected chi connectivity index (χ4v) is 1.86. The van der Waals surface area contributed by atoms with E-state index in [-0.39, 0.29) is 6.61 Å². The highest BCUT2D eigenvalue weighted by atomic mass is 16.5. The minimum absolute atomic E-state index is 0.286. The second kappa shape index (κ2) is 8.41. The molecule has 2 N–H and O–H groups in total. The van der Waals surface area contributed by atoms with E-state index >= 15 is 0 Å². The molecule has 0 aliphatic rings. The largest absolute Gasteiger partial charge is 0.449 e. The van der Waals surface area contributed by atoms with Crippen LogP contribution >= 0.6 is 0 Å². The van der Waals surface area contributed by atoms with Gasteiger partial charge in [0.1, 0.15) is 12.1 Å². The molecule has 0 aromatic heterocycles. The summed E-state index contributed by atoms with van der Waals surface area (Å²) >= 11 is 0. The summed E-state index contributed by atoms with van der Waals surface area (Å²) in [6.45, 7) is -0.286. The van der Waals surface area contributed by atoms with Gasteiger partial charge in [0.25, 0.3) is 0 Å². The van der Waals surface area contributed by atoms with Gasteiger partial charge < -0.3 is 10.5 Å². The average Bonchev–Trinajstić information content (AvgIpc) is 2.60. The summed E-state index contributed by atoms with van der Waals surface area (Å²) in [5.74, 6) is -0.584. The third-order valence-corrected chi connectivity index (χ3v) is 3.01. The molecule has 0 aliphatic carbocycles. The molecule has 116 valence electrons. The van der Waals surface area contributed by atoms with Gasteiger partial charge in [-0.3, -0.25) is 4.79 Å². The number of esters is 1. The van der Waals surface area contributed by atoms with Crippen molar-refractivity contribution in [2.75, 3.05) is 6.61 Å². The van der Waals surface area contributed by atoms with Crippen molar-refractivity contribution in [2.24, 2.45) is 16.0 Å². The Hall–Kier alpha value is -3.04. The number of carbonyl (C=O) groups excluding carboxylic acids is 1. The van der Waals surface area contributed by atoms with Crippen LogP contribution in [0.3, 0.4) is 0 Å². The fourth-order valence-electron chi connectivity index (χ4n) is 1.86. The first-order valence-corrected chi connectivity index (χ1v) is 7.04. The number of azo groups is 1. The summed E-state index contributed by atoms with van der Waals surface area (Å²) < 4.78 is 4.68. The van der Waals surface area contributed by atoms with Crippen molar-refractivity contribution in [3.8, 4) is 6.07 Å². The molecular formula is C17H16N4O2. The normalized spacial score (nSPS) is 11.8. The minimum atomic E-state index is -0.792. The maximum absolute atomic E-state index is 11.5. The van der Waals surface area contributed by atoms with E-state index < -0.39 is 12.0 Å². The lowest BCUT2D eigenvalue weighted by Crippen LogP contribution is -2.34. The number of rotatable bonds is 6. The van der Waals surface area contributed by atoms with Gasteiger partial charge in [0, 0.05) is 0 Å². The third kappa shape index (κ3) is 5.34. The minimum Gasteiger partial charge on any atom is -0.449 e. The number of hydrogen-bond donors (Lipinski definition) is 1. The molecule has 0 aliphatic heterocycles. The van der Waals surface area contributed by atoms with Crippen LogP contribution in [0.4, 0.5) is 11.4 Å². The number of nitrogens with zero attached hydrogens (tertiary/aromatic N) is 3. The zero-order valence-electron chi connectivity index (χ0n) is 12.4. The topological polar surface area (TPSA) is 101 Å². The van der Waals surface area contributed by atoms with Gasteiger partial charge in [-0.25, -0.2) is 0 Å². The number of nitrogens with two attached hydrogens (primary N) is 1. The zero-order chi connectivity index (χ0) is 16.5. The molecule has 2 aromatic rings. The van der Waals surface area contributed by atoms with Gasteiger partial charge in [0.05, 0.1) is 11.4 Å². The van der Waals surface area contributed by atoms with E-state index in [2.05, 4.69) is 15.0 Å². The van der Waals surface area contributed by atoms with Crippen LogP contribution in [0.15, 0.2) is 64.8 Å². The number of ether oxygens (including phenoxy) is 1. The highest BCUT2D eigenvalue weighted by Crippen LogP contribution is 2.18. The standard InChI is InChI=1S/C17H16N4O2/c18-10-11-23-17(22)16(19)12-13-6-8-15(9-7-13)21-20-14-4-2-1-3-5-14/h1-9,16H,11-12,19H2/t16-/m0/s1. The lowest BCUT2D eigenvalue weighted by atomic mass is 10.1. The highest BCUT2D eigenvalue weighted by Gasteiger charge is 2.15. The van der Waals surface area contributed by atoms with Crippen LogP contribution in [0, 0.1) is 11.3 Å². The monoisotopic (exact) mass is 308 g/mol. The fraction of sp³-hybridized carbons (Fsp3) is 0.176. The number of benzene rings is 2. The highest BCUT2D eigenvalue weighted by molar-refractivity contribution is 5.76. The van der Waals surface area contributed by atoms with Crippen molar-refractivity contribution < 1.29 is 9.53 Å². The van der Waals surface area contributed by atoms with Gasteiger partial charge in [0.15, 0.2) is 6.61 Å². The summed E-state index contributed by atoms with van der Waals surface area (Å²) in [5.41, 5.74) is 8.10. The van der Waals surface area contributed by atoms with Crippen molar-refractivity contribution >= 4 is 17.3 Å². The van der Waals surface area contributed by atoms with Gasteiger partial charge in [0.2, 0.25) is 0 Å². The molecule has 0 heterocycles. The molecule has 6 nitrogen and oxygen atoms in total. The molecule has 1 atom stereocenters. The Kier molecular flexibility index (Phi) is 5.98. The van der Waals surface area contributed by atoms with E-state index in [1.807, 2.05) is 42.5 Å². The number of hydrogen-bond acceptors (Lipinski definition) is 6. The second-order valence-electron chi connectivity index (χ2n) is 4.78. The van der Waals surface area contributed by atoms with Crippen molar-refractivity contribution in [3.05, 3.63) is 60.2 Å². The zero-order valence-corrected chi connectivity index (χ0v) is 12.4. The Labute approximate surface area is 134 Å². The van der Waals surface area contributed by atoms with Gasteiger partial charge in [-0.05, 0) is 36.2 Å². The molecular weight excluding hydrogens is 292 g/mol. The Bertz CT molecular complexity index is 706. The van der Waals surface area contributed by atoms with E-state index in [0.717, 1.165) is 11.3 Å². The SMILES string of the molecule is N#CCOC(=O)[C@@H](N)Cc1ccc(N=Nc2ccccc2)cc1. The quantitative estimate of drug-likeness (QED) is 0.654. The number of nitriles is 1. The van der Waals surface area contributed by atoms with E-state index in [4.69, 9.17) is 11.0 Å². The molecule has 6 heteroatoms. The molecule has 23 heavy (non-hydrogen) atoms. The van der Waals surface area contributed by atoms with Crippen molar-refractivity contribution in [2.45, 2.75) is 12.5 Å². The molecule has 0 saturated carbocycles. The molecule has 0 radical (unpaired) electrons. The van der Waals surface area contributed by atoms with E-state index in [9.17, 15) is 4.79 Å². The van der Waals surface area contributed by atoms with Gasteiger partial charge in [-0.2, -0.15) is 15.5 Å². The van der Waals surface area contributed by atoms with Crippen molar-refractivity contribution in [1.82, 2.24) is 0 Å². The summed E-state index contributed by atoms with van der Waals surface area (Å²) in [4.78, 5) is 11.5. The average molecular weight is 308 g/mol. The van der Waals surface area contributed by atoms with Gasteiger partial charge in [-0.15, -0.1) is 0 Å². The van der Waals surface area contributed by atoms with Crippen LogP contribution in [0.5, 0.6) is 0 Å². The van der Waals surface area contributed by atoms with Crippen LogP contribution in [-0.2, 0) is 16.0 Å². The molecule has 0 spiro atoms. The summed E-state index contributed by atoms with van der Waals surface area (Å²) in [5, 5.41) is 16.6. The Morgan fingerprint density at radius 3 is 2.30 bits per heavy atom. The molecule has 2 rings (SSSR count). The third-order valence-electron chi connectivity index (χ3n) is 3.01. The van der Waals surface area contributed by atoms with Crippen LogP contribution in [0.1, 0.15) is 5.56 Å². The van der Waals surface area contributed by atoms with Crippen LogP contribution in [0.25, 0.3) is 0 Å². The van der Waals surface area contributed by atoms with Gasteiger partial charge in [-0.1, -0.05) is 30.3 Å². The smallest absolute Gasteiger partial charge is 0.324 e. The first-order chi connectivity index (χ1) is 11.2. The summed E-state index contributed by atoms with van der Waals surface area (Å²) in [7, 11) is 0. The van der Waals surface area contributed by atoms with E-state index in [1.54, 1.807) is 18.2 Å². The van der Waals surface area contributed by atoms with Crippen LogP contribution < -0.4 is 5.73 Å². The molecule has 0 amide bonds. The van der Waals surface area contributed by atoms with E-state index in [0.29, 0.717) is 12.1 Å². The predicted molar refractivity (Wildman–Crippen MR) is 85.3 cm³/mol. The maximum Gasteiger partial charge on any atom is 0.324 e. The molecule has 0 saturated heterocycles. The molecule has 0 unspecified atom stereocenters. The lowest BCUT2D eigenvalue weighted by molar-refractivity contribution is -0.143. The Morgan fingerprint density at radius 2 is 1.70 bits per heavy atom. The summed E-state index contributed by atoms with van der Waals surface area (Å²) in [6, 6.07) is 17.6. The molecule has 0 bridgehead atoms. The maximum atomic E-state index is 11.5. The molecule has 2 aromatic carbocycles. The van der Waals surface area contributed by atoms with Crippen molar-refractivity contribution in [1.29, 1.82) is 5.26 Å². The second-order valence-corrected chi connectivity index (χ2v) is 4.78. The first kappa shape index (κ1) is 16.3. The Balaban J connectivity index is 1.93. The van der Waals surface area contributed by atoms with Crippen LogP contribution in [-0.4, -0.2) is 18.6 Å². The van der Waals surface area contributed by atoms with Crippen LogP contribution in [0.2, 0.25) is 0 Å². The molecule has 0 fully saturated rings.